The van der Waals surface area contributed by atoms with E-state index in [1.54, 1.807) is 0 Å². The predicted molar refractivity (Wildman–Crippen MR) is 51.1 cm³/mol. The van der Waals surface area contributed by atoms with Crippen molar-refractivity contribution < 1.29 is 31.3 Å². The Morgan fingerprint density at radius 1 is 1.12 bits per heavy atom. The van der Waals surface area contributed by atoms with E-state index in [9.17, 15) is 17.7 Å². The molecule has 2 rings (SSSR count). The van der Waals surface area contributed by atoms with E-state index in [-0.39, 0.29) is 13.2 Å². The van der Waals surface area contributed by atoms with Crippen molar-refractivity contribution in [2.75, 3.05) is 13.2 Å². The highest BCUT2D eigenvalue weighted by Crippen LogP contribution is 2.52. The van der Waals surface area contributed by atoms with Crippen molar-refractivity contribution in [1.82, 2.24) is 0 Å². The summed E-state index contributed by atoms with van der Waals surface area (Å²) in [5.41, 5.74) is 0. The summed E-state index contributed by atoms with van der Waals surface area (Å²) in [5, 5.41) is 0. The standard InChI is InChI=1S/C9H8F3O4P/c10-6-4-7(11)9(8(12)5-6)16-17(13)14-2-1-3-15-17/h4-5H,1-3H2. The van der Waals surface area contributed by atoms with Crippen molar-refractivity contribution in [3.63, 3.8) is 0 Å². The van der Waals surface area contributed by atoms with Crippen molar-refractivity contribution >= 4 is 7.82 Å². The van der Waals surface area contributed by atoms with Crippen LogP contribution in [0.1, 0.15) is 6.42 Å². The second-order valence-corrected chi connectivity index (χ2v) is 4.85. The molecule has 8 heteroatoms. The maximum Gasteiger partial charge on any atom is 0.530 e. The van der Waals surface area contributed by atoms with Gasteiger partial charge in [0.1, 0.15) is 5.82 Å². The zero-order valence-corrected chi connectivity index (χ0v) is 9.38. The van der Waals surface area contributed by atoms with Crippen LogP contribution < -0.4 is 4.52 Å². The number of rotatable bonds is 2. The second kappa shape index (κ2) is 4.68. The molecule has 0 N–H and O–H groups in total. The minimum atomic E-state index is -4.01. The van der Waals surface area contributed by atoms with Crippen LogP contribution in [0.25, 0.3) is 0 Å². The topological polar surface area (TPSA) is 44.8 Å². The Labute approximate surface area is 94.9 Å². The van der Waals surface area contributed by atoms with Crippen molar-refractivity contribution in [3.05, 3.63) is 29.6 Å². The van der Waals surface area contributed by atoms with Gasteiger partial charge < -0.3 is 4.52 Å². The Morgan fingerprint density at radius 3 is 2.18 bits per heavy atom. The van der Waals surface area contributed by atoms with Gasteiger partial charge in [-0.2, -0.15) is 0 Å². The molecule has 0 amide bonds. The molecule has 4 nitrogen and oxygen atoms in total. The molecule has 1 aliphatic rings. The minimum Gasteiger partial charge on any atom is -0.398 e. The second-order valence-electron chi connectivity index (χ2n) is 3.26. The van der Waals surface area contributed by atoms with Crippen LogP contribution in [0.4, 0.5) is 13.2 Å². The molecule has 0 saturated carbocycles. The van der Waals surface area contributed by atoms with Gasteiger partial charge in [-0.15, -0.1) is 0 Å². The third kappa shape index (κ3) is 2.80. The van der Waals surface area contributed by atoms with Crippen LogP contribution in [-0.2, 0) is 13.6 Å². The van der Waals surface area contributed by atoms with Crippen molar-refractivity contribution in [3.8, 4) is 5.75 Å². The number of hydrogen-bond acceptors (Lipinski definition) is 4. The van der Waals surface area contributed by atoms with E-state index in [2.05, 4.69) is 4.52 Å². The quantitative estimate of drug-likeness (QED) is 0.773. The summed E-state index contributed by atoms with van der Waals surface area (Å²) in [7, 11) is -4.01. The van der Waals surface area contributed by atoms with E-state index in [1.165, 1.54) is 0 Å². The summed E-state index contributed by atoms with van der Waals surface area (Å²) in [5.74, 6) is -4.70. The molecule has 94 valence electrons. The third-order valence-corrected chi connectivity index (χ3v) is 3.36. The normalized spacial score (nSPS) is 19.0. The number of benzene rings is 1. The number of halogens is 3. The Kier molecular flexibility index (Phi) is 3.42. The van der Waals surface area contributed by atoms with E-state index >= 15 is 0 Å². The Balaban J connectivity index is 2.26. The molecule has 0 bridgehead atoms. The number of phosphoric acid groups is 1. The summed E-state index contributed by atoms with van der Waals surface area (Å²) in [6, 6.07) is 0.822. The molecule has 1 saturated heterocycles. The lowest BCUT2D eigenvalue weighted by molar-refractivity contribution is 0.104. The van der Waals surface area contributed by atoms with E-state index < -0.39 is 31.0 Å². The maximum atomic E-state index is 13.2. The summed E-state index contributed by atoms with van der Waals surface area (Å²) in [4.78, 5) is 0. The first kappa shape index (κ1) is 12.4. The van der Waals surface area contributed by atoms with Gasteiger partial charge in [0.15, 0.2) is 11.6 Å². The van der Waals surface area contributed by atoms with E-state index in [0.29, 0.717) is 18.6 Å². The van der Waals surface area contributed by atoms with Crippen LogP contribution in [0.3, 0.4) is 0 Å². The van der Waals surface area contributed by atoms with Crippen molar-refractivity contribution in [2.24, 2.45) is 0 Å². The lowest BCUT2D eigenvalue weighted by Crippen LogP contribution is -2.12. The number of phosphoric ester groups is 1. The van der Waals surface area contributed by atoms with Gasteiger partial charge in [-0.25, -0.2) is 17.7 Å². The highest BCUT2D eigenvalue weighted by Gasteiger charge is 2.34. The third-order valence-electron chi connectivity index (χ3n) is 1.95. The van der Waals surface area contributed by atoms with E-state index in [0.717, 1.165) is 0 Å². The smallest absolute Gasteiger partial charge is 0.398 e. The summed E-state index contributed by atoms with van der Waals surface area (Å²) < 4.78 is 64.7. The van der Waals surface area contributed by atoms with Gasteiger partial charge in [0.2, 0.25) is 5.75 Å². The zero-order chi connectivity index (χ0) is 12.5. The summed E-state index contributed by atoms with van der Waals surface area (Å²) in [6.45, 7) is 0.198. The molecule has 0 spiro atoms. The van der Waals surface area contributed by atoms with E-state index in [4.69, 9.17) is 9.05 Å². The molecule has 1 heterocycles. The fourth-order valence-electron chi connectivity index (χ4n) is 1.23. The van der Waals surface area contributed by atoms with Gasteiger partial charge in [0.05, 0.1) is 13.2 Å². The average Bonchev–Trinajstić information content (AvgIpc) is 2.24. The Hall–Kier alpha value is -1.04. The Bertz CT molecular complexity index is 446. The molecule has 1 aromatic rings. The first-order chi connectivity index (χ1) is 8.00. The van der Waals surface area contributed by atoms with Gasteiger partial charge in [0.25, 0.3) is 0 Å². The molecule has 0 aliphatic carbocycles. The molecule has 0 unspecified atom stereocenters. The zero-order valence-electron chi connectivity index (χ0n) is 8.49. The molecule has 1 aliphatic heterocycles. The fourth-order valence-corrected chi connectivity index (χ4v) is 2.51. The van der Waals surface area contributed by atoms with Crippen LogP contribution in [0, 0.1) is 17.5 Å². The largest absolute Gasteiger partial charge is 0.530 e. The number of hydrogen-bond donors (Lipinski definition) is 0. The fraction of sp³-hybridized carbons (Fsp3) is 0.333. The molecule has 1 aromatic carbocycles. The lowest BCUT2D eigenvalue weighted by atomic mass is 10.3. The molecular weight excluding hydrogens is 260 g/mol. The monoisotopic (exact) mass is 268 g/mol. The van der Waals surface area contributed by atoms with Gasteiger partial charge in [-0.1, -0.05) is 0 Å². The highest BCUT2D eigenvalue weighted by molar-refractivity contribution is 7.49. The van der Waals surface area contributed by atoms with Crippen LogP contribution in [0.2, 0.25) is 0 Å². The SMILES string of the molecule is O=P1(Oc2c(F)cc(F)cc2F)OCCCO1. The van der Waals surface area contributed by atoms with Gasteiger partial charge >= 0.3 is 7.82 Å². The van der Waals surface area contributed by atoms with Crippen LogP contribution in [0.5, 0.6) is 5.75 Å². The first-order valence-corrected chi connectivity index (χ1v) is 6.19. The molecule has 17 heavy (non-hydrogen) atoms. The predicted octanol–water partition coefficient (Wildman–Crippen LogP) is 3.03. The highest BCUT2D eigenvalue weighted by atomic mass is 31.2. The van der Waals surface area contributed by atoms with Gasteiger partial charge in [0, 0.05) is 12.1 Å². The van der Waals surface area contributed by atoms with Gasteiger partial charge in [-0.3, -0.25) is 9.05 Å². The van der Waals surface area contributed by atoms with Crippen LogP contribution in [0.15, 0.2) is 12.1 Å². The maximum absolute atomic E-state index is 13.2. The molecular formula is C9H8F3O4P. The van der Waals surface area contributed by atoms with Gasteiger partial charge in [-0.05, 0) is 6.42 Å². The summed E-state index contributed by atoms with van der Waals surface area (Å²) in [6.07, 6.45) is 0.502. The van der Waals surface area contributed by atoms with Crippen molar-refractivity contribution in [2.45, 2.75) is 6.42 Å². The molecule has 0 aromatic heterocycles. The average molecular weight is 268 g/mol. The van der Waals surface area contributed by atoms with Crippen molar-refractivity contribution in [1.29, 1.82) is 0 Å². The van der Waals surface area contributed by atoms with E-state index in [1.807, 2.05) is 0 Å². The lowest BCUT2D eigenvalue weighted by Gasteiger charge is -2.22. The molecule has 1 fully saturated rings. The minimum absolute atomic E-state index is 0.0989. The molecule has 0 atom stereocenters. The molecule has 0 radical (unpaired) electrons. The van der Waals surface area contributed by atoms with Crippen LogP contribution >= 0.6 is 7.82 Å². The summed E-state index contributed by atoms with van der Waals surface area (Å²) >= 11 is 0. The first-order valence-electron chi connectivity index (χ1n) is 4.73. The Morgan fingerprint density at radius 2 is 1.65 bits per heavy atom. The van der Waals surface area contributed by atoms with Crippen LogP contribution in [-0.4, -0.2) is 13.2 Å².